The monoisotopic (exact) mass is 638 g/mol. The minimum atomic E-state index is -2.89. The summed E-state index contributed by atoms with van der Waals surface area (Å²) in [4.78, 5) is 58.9. The molecule has 0 aromatic heterocycles. The minimum absolute atomic E-state index is 0.0172. The first kappa shape index (κ1) is 33.8. The van der Waals surface area contributed by atoms with E-state index >= 15 is 0 Å². The highest BCUT2D eigenvalue weighted by molar-refractivity contribution is 6.25. The molecule has 11 nitrogen and oxygen atoms in total. The van der Waals surface area contributed by atoms with Gasteiger partial charge in [0, 0.05) is 36.4 Å². The molecule has 11 heteroatoms. The van der Waals surface area contributed by atoms with Crippen LogP contribution in [0.1, 0.15) is 82.9 Å². The van der Waals surface area contributed by atoms with Crippen LogP contribution in [0.3, 0.4) is 0 Å². The number of esters is 1. The molecule has 6 unspecified atom stereocenters. The summed E-state index contributed by atoms with van der Waals surface area (Å²) in [5.74, 6) is -8.40. The molecule has 0 radical (unpaired) electrons. The summed E-state index contributed by atoms with van der Waals surface area (Å²) in [6.45, 7) is 11.0. The van der Waals surface area contributed by atoms with E-state index in [-0.39, 0.29) is 29.7 Å². The zero-order valence-corrected chi connectivity index (χ0v) is 27.7. The number of likely N-dealkylation sites (N-methyl/N-ethyl adjacent to an activating group) is 1. The number of rotatable bonds is 7. The number of phenolic OH excluding ortho intramolecular Hbond substituents is 1. The predicted octanol–water partition coefficient (Wildman–Crippen LogP) is 3.32. The van der Waals surface area contributed by atoms with Crippen LogP contribution < -0.4 is 0 Å². The first-order valence-electron chi connectivity index (χ1n) is 16.1. The molecule has 4 N–H and O–H groups in total. The van der Waals surface area contributed by atoms with Gasteiger partial charge in [0.1, 0.15) is 28.9 Å². The highest BCUT2D eigenvalue weighted by Crippen LogP contribution is 2.57. The summed E-state index contributed by atoms with van der Waals surface area (Å²) < 4.78 is 5.96. The third-order valence-electron chi connectivity index (χ3n) is 10.4. The van der Waals surface area contributed by atoms with Gasteiger partial charge in [0.05, 0.1) is 17.5 Å². The summed E-state index contributed by atoms with van der Waals surface area (Å²) in [6.07, 6.45) is 0.437. The molecule has 1 saturated carbocycles. The van der Waals surface area contributed by atoms with Gasteiger partial charge in [0.15, 0.2) is 17.2 Å². The highest BCUT2D eigenvalue weighted by Gasteiger charge is 2.69. The van der Waals surface area contributed by atoms with E-state index in [9.17, 15) is 39.6 Å². The van der Waals surface area contributed by atoms with Crippen LogP contribution >= 0.6 is 0 Å². The standard InChI is InChI=1S/C35H46N2O9/c1-8-21(39)46-31-22-17(2)18-11-12-19(34(3,4)5)28(40)23(18)29(41)25(22)33(44)35(45)26(31)27(36(6)7)30(42)24(32(35)43)20(38)13-16-37-14-9-10-15-37/h11-12,17,22,26-27,31,40-41,43,45H,8-10,13-16H2,1-7H3. The molecule has 0 spiro atoms. The number of ketones is 3. The van der Waals surface area contributed by atoms with Gasteiger partial charge >= 0.3 is 5.97 Å². The van der Waals surface area contributed by atoms with Gasteiger partial charge < -0.3 is 30.1 Å². The number of fused-ring (bicyclic) bond motifs is 3. The second kappa shape index (κ2) is 11.9. The van der Waals surface area contributed by atoms with E-state index in [1.54, 1.807) is 40.1 Å². The summed E-state index contributed by atoms with van der Waals surface area (Å²) in [5.41, 5.74) is -3.40. The van der Waals surface area contributed by atoms with Crippen molar-refractivity contribution in [2.24, 2.45) is 11.8 Å². The van der Waals surface area contributed by atoms with Gasteiger partial charge in [-0.3, -0.25) is 24.1 Å². The van der Waals surface area contributed by atoms with Crippen LogP contribution in [0, 0.1) is 11.8 Å². The van der Waals surface area contributed by atoms with Crippen LogP contribution in [0.5, 0.6) is 5.75 Å². The van der Waals surface area contributed by atoms with Gasteiger partial charge in [0.2, 0.25) is 5.78 Å². The van der Waals surface area contributed by atoms with Gasteiger partial charge in [-0.1, -0.05) is 46.8 Å². The Morgan fingerprint density at radius 2 is 1.72 bits per heavy atom. The number of phenols is 1. The van der Waals surface area contributed by atoms with E-state index in [4.69, 9.17) is 4.74 Å². The van der Waals surface area contributed by atoms with Crippen molar-refractivity contribution in [1.29, 1.82) is 0 Å². The zero-order valence-electron chi connectivity index (χ0n) is 27.7. The fourth-order valence-electron chi connectivity index (χ4n) is 7.99. The number of hydrogen-bond donors (Lipinski definition) is 4. The Bertz CT molecular complexity index is 1550. The Kier molecular flexibility index (Phi) is 8.76. The number of hydrogen-bond acceptors (Lipinski definition) is 11. The average molecular weight is 639 g/mol. The maximum Gasteiger partial charge on any atom is 0.305 e. The quantitative estimate of drug-likeness (QED) is 0.256. The highest BCUT2D eigenvalue weighted by atomic mass is 16.5. The number of nitrogens with zero attached hydrogens (tertiary/aromatic N) is 2. The first-order valence-corrected chi connectivity index (χ1v) is 16.1. The maximum atomic E-state index is 14.7. The van der Waals surface area contributed by atoms with Crippen LogP contribution in [0.15, 0.2) is 29.0 Å². The van der Waals surface area contributed by atoms with E-state index in [2.05, 4.69) is 4.90 Å². The summed E-state index contributed by atoms with van der Waals surface area (Å²) in [7, 11) is 3.10. The van der Waals surface area contributed by atoms with Crippen molar-refractivity contribution in [2.75, 3.05) is 33.7 Å². The predicted molar refractivity (Wildman–Crippen MR) is 169 cm³/mol. The molecule has 1 heterocycles. The summed E-state index contributed by atoms with van der Waals surface area (Å²) in [5, 5.41) is 47.4. The maximum absolute atomic E-state index is 14.7. The third-order valence-corrected chi connectivity index (χ3v) is 10.4. The number of benzene rings is 1. The molecule has 1 aromatic rings. The molecule has 3 aliphatic carbocycles. The van der Waals surface area contributed by atoms with Crippen LogP contribution in [0.4, 0.5) is 0 Å². The molecule has 250 valence electrons. The molecule has 1 aromatic carbocycles. The Morgan fingerprint density at radius 3 is 2.28 bits per heavy atom. The molecule has 1 saturated heterocycles. The lowest BCUT2D eigenvalue weighted by atomic mass is 9.54. The lowest BCUT2D eigenvalue weighted by molar-refractivity contribution is -0.185. The van der Waals surface area contributed by atoms with Crippen molar-refractivity contribution in [3.8, 4) is 5.75 Å². The van der Waals surface area contributed by atoms with Crippen molar-refractivity contribution in [3.05, 3.63) is 45.7 Å². The molecule has 46 heavy (non-hydrogen) atoms. The normalized spacial score (nSPS) is 30.0. The Balaban J connectivity index is 1.76. The van der Waals surface area contributed by atoms with Gasteiger partial charge in [-0.25, -0.2) is 0 Å². The van der Waals surface area contributed by atoms with Crippen LogP contribution in [-0.2, 0) is 29.3 Å². The Hall–Kier alpha value is -3.54. The lowest BCUT2D eigenvalue weighted by Crippen LogP contribution is -2.70. The molecule has 2 fully saturated rings. The minimum Gasteiger partial charge on any atom is -0.508 e. The number of carbonyl (C=O) groups excluding carboxylic acids is 4. The van der Waals surface area contributed by atoms with Crippen LogP contribution in [0.2, 0.25) is 0 Å². The zero-order chi connectivity index (χ0) is 34.0. The van der Waals surface area contributed by atoms with Gasteiger partial charge in [-0.2, -0.15) is 0 Å². The van der Waals surface area contributed by atoms with Crippen molar-refractivity contribution in [1.82, 2.24) is 9.80 Å². The Labute approximate surface area is 269 Å². The molecule has 4 aliphatic rings. The van der Waals surface area contributed by atoms with E-state index in [0.717, 1.165) is 25.9 Å². The number of ether oxygens (including phenoxy) is 1. The molecular formula is C35H46N2O9. The molecule has 6 atom stereocenters. The van der Waals surface area contributed by atoms with E-state index in [1.807, 2.05) is 20.8 Å². The average Bonchev–Trinajstić information content (AvgIpc) is 3.50. The van der Waals surface area contributed by atoms with Crippen molar-refractivity contribution in [2.45, 2.75) is 89.4 Å². The largest absolute Gasteiger partial charge is 0.508 e. The molecule has 0 bridgehead atoms. The van der Waals surface area contributed by atoms with Crippen molar-refractivity contribution in [3.63, 3.8) is 0 Å². The molecule has 5 rings (SSSR count). The number of Topliss-reactive ketones (excluding diaryl/α,β-unsaturated/α-hetero) is 3. The summed E-state index contributed by atoms with van der Waals surface area (Å²) in [6, 6.07) is 2.17. The SMILES string of the molecule is CCC(=O)OC1C2C(=C(O)c3c(ccc(C(C)(C)C)c3O)C2C)C(=O)C2(O)C(O)=C(C(=O)CCN3CCCC3)C(=O)C(N(C)C)C12. The number of aliphatic hydroxyl groups is 3. The van der Waals surface area contributed by atoms with E-state index < -0.39 is 81.3 Å². The molecule has 0 amide bonds. The number of carbonyl (C=O) groups is 4. The van der Waals surface area contributed by atoms with E-state index in [0.29, 0.717) is 17.7 Å². The number of likely N-dealkylation sites (tertiary alicyclic amines) is 1. The van der Waals surface area contributed by atoms with Gasteiger partial charge in [-0.15, -0.1) is 0 Å². The Morgan fingerprint density at radius 1 is 1.09 bits per heavy atom. The molecular weight excluding hydrogens is 592 g/mol. The second-order valence-corrected chi connectivity index (χ2v) is 14.4. The number of aromatic hydroxyl groups is 1. The fourth-order valence-corrected chi connectivity index (χ4v) is 7.99. The van der Waals surface area contributed by atoms with Gasteiger partial charge in [0.25, 0.3) is 0 Å². The van der Waals surface area contributed by atoms with Gasteiger partial charge in [-0.05, 0) is 56.9 Å². The smallest absolute Gasteiger partial charge is 0.305 e. The topological polar surface area (TPSA) is 165 Å². The second-order valence-electron chi connectivity index (χ2n) is 14.4. The third kappa shape index (κ3) is 5.07. The van der Waals surface area contributed by atoms with Crippen molar-refractivity contribution >= 4 is 29.1 Å². The van der Waals surface area contributed by atoms with Crippen LogP contribution in [0.25, 0.3) is 5.76 Å². The van der Waals surface area contributed by atoms with Crippen LogP contribution in [-0.4, -0.2) is 105 Å². The fraction of sp³-hybridized carbons (Fsp3) is 0.600. The molecule has 1 aliphatic heterocycles. The first-order chi connectivity index (χ1) is 21.5. The van der Waals surface area contributed by atoms with E-state index in [1.165, 1.54) is 4.90 Å². The van der Waals surface area contributed by atoms with Crippen molar-refractivity contribution < 1.29 is 44.3 Å². The summed E-state index contributed by atoms with van der Waals surface area (Å²) >= 11 is 0. The lowest BCUT2D eigenvalue weighted by Gasteiger charge is -2.54. The number of aliphatic hydroxyl groups excluding tert-OH is 2.